The molecule has 0 unspecified atom stereocenters. The first-order chi connectivity index (χ1) is 11.9. The standard InChI is InChI=1S/C16H16N6O3/c1-11-9-12(2)21(18-11)10-20-8-7-14(19-20)16(23)17-13-5-3-4-6-15(13)22(24)25/h3-9H,10H2,1-2H3,(H,17,23). The van der Waals surface area contributed by atoms with E-state index in [0.717, 1.165) is 11.4 Å². The van der Waals surface area contributed by atoms with Crippen molar-refractivity contribution in [1.82, 2.24) is 19.6 Å². The topological polar surface area (TPSA) is 108 Å². The molecule has 128 valence electrons. The summed E-state index contributed by atoms with van der Waals surface area (Å²) in [5, 5.41) is 22.1. The lowest BCUT2D eigenvalue weighted by Crippen LogP contribution is -2.16. The van der Waals surface area contributed by atoms with Gasteiger partial charge in [0.1, 0.15) is 12.4 Å². The van der Waals surface area contributed by atoms with E-state index in [1.54, 1.807) is 27.7 Å². The zero-order valence-corrected chi connectivity index (χ0v) is 13.7. The van der Waals surface area contributed by atoms with Crippen LogP contribution in [0.2, 0.25) is 0 Å². The zero-order chi connectivity index (χ0) is 18.0. The maximum absolute atomic E-state index is 12.3. The lowest BCUT2D eigenvalue weighted by Gasteiger charge is -2.05. The monoisotopic (exact) mass is 340 g/mol. The number of nitro groups is 1. The number of rotatable bonds is 5. The van der Waals surface area contributed by atoms with Crippen LogP contribution in [0.5, 0.6) is 0 Å². The molecule has 0 bridgehead atoms. The maximum atomic E-state index is 12.3. The Balaban J connectivity index is 1.75. The third-order valence-electron chi connectivity index (χ3n) is 3.60. The fourth-order valence-electron chi connectivity index (χ4n) is 2.44. The Bertz CT molecular complexity index is 943. The van der Waals surface area contributed by atoms with E-state index in [0.29, 0.717) is 6.67 Å². The molecular formula is C16H16N6O3. The summed E-state index contributed by atoms with van der Waals surface area (Å²) in [5.41, 5.74) is 2.01. The van der Waals surface area contributed by atoms with Crippen LogP contribution in [0.1, 0.15) is 21.9 Å². The maximum Gasteiger partial charge on any atom is 0.292 e. The number of nitro benzene ring substituents is 1. The highest BCUT2D eigenvalue weighted by Crippen LogP contribution is 2.23. The summed E-state index contributed by atoms with van der Waals surface area (Å²) in [5.74, 6) is -0.513. The van der Waals surface area contributed by atoms with Gasteiger partial charge in [-0.3, -0.25) is 19.6 Å². The first-order valence-electron chi connectivity index (χ1n) is 7.53. The molecule has 0 spiro atoms. The molecule has 0 saturated heterocycles. The highest BCUT2D eigenvalue weighted by atomic mass is 16.6. The molecule has 2 heterocycles. The zero-order valence-electron chi connectivity index (χ0n) is 13.7. The molecule has 3 aromatic rings. The van der Waals surface area contributed by atoms with Crippen molar-refractivity contribution < 1.29 is 9.72 Å². The van der Waals surface area contributed by atoms with Crippen LogP contribution < -0.4 is 5.32 Å². The predicted octanol–water partition coefficient (Wildman–Crippen LogP) is 2.36. The molecule has 0 aliphatic heterocycles. The molecule has 0 aliphatic rings. The Morgan fingerprint density at radius 3 is 2.68 bits per heavy atom. The molecule has 0 radical (unpaired) electrons. The fraction of sp³-hybridized carbons (Fsp3) is 0.188. The van der Waals surface area contributed by atoms with Gasteiger partial charge in [0.2, 0.25) is 0 Å². The van der Waals surface area contributed by atoms with Crippen LogP contribution >= 0.6 is 0 Å². The number of hydrogen-bond acceptors (Lipinski definition) is 5. The molecular weight excluding hydrogens is 324 g/mol. The smallest absolute Gasteiger partial charge is 0.292 e. The van der Waals surface area contributed by atoms with E-state index in [1.165, 1.54) is 18.2 Å². The summed E-state index contributed by atoms with van der Waals surface area (Å²) < 4.78 is 3.35. The predicted molar refractivity (Wildman–Crippen MR) is 90.4 cm³/mol. The Morgan fingerprint density at radius 1 is 1.24 bits per heavy atom. The molecule has 3 rings (SSSR count). The molecule has 0 saturated carbocycles. The minimum atomic E-state index is -0.545. The number of hydrogen-bond donors (Lipinski definition) is 1. The van der Waals surface area contributed by atoms with Crippen LogP contribution in [0.3, 0.4) is 0 Å². The first-order valence-corrected chi connectivity index (χ1v) is 7.53. The number of aryl methyl sites for hydroxylation is 2. The summed E-state index contributed by atoms with van der Waals surface area (Å²) in [6.07, 6.45) is 1.66. The lowest BCUT2D eigenvalue weighted by molar-refractivity contribution is -0.383. The van der Waals surface area contributed by atoms with Crippen molar-refractivity contribution in [3.63, 3.8) is 0 Å². The van der Waals surface area contributed by atoms with Crippen molar-refractivity contribution in [1.29, 1.82) is 0 Å². The Hall–Kier alpha value is -3.49. The largest absolute Gasteiger partial charge is 0.315 e. The number of nitrogens with zero attached hydrogens (tertiary/aromatic N) is 5. The number of benzene rings is 1. The molecule has 1 amide bonds. The summed E-state index contributed by atoms with van der Waals surface area (Å²) >= 11 is 0. The van der Waals surface area contributed by atoms with Crippen molar-refractivity contribution in [2.45, 2.75) is 20.5 Å². The van der Waals surface area contributed by atoms with Gasteiger partial charge in [-0.1, -0.05) is 12.1 Å². The average molecular weight is 340 g/mol. The molecule has 0 aliphatic carbocycles. The van der Waals surface area contributed by atoms with Gasteiger partial charge in [-0.15, -0.1) is 0 Å². The number of carbonyl (C=O) groups is 1. The fourth-order valence-corrected chi connectivity index (χ4v) is 2.44. The molecule has 0 atom stereocenters. The van der Waals surface area contributed by atoms with Crippen molar-refractivity contribution in [2.24, 2.45) is 0 Å². The van der Waals surface area contributed by atoms with Crippen LogP contribution in [0.25, 0.3) is 0 Å². The van der Waals surface area contributed by atoms with Gasteiger partial charge in [0.15, 0.2) is 5.69 Å². The van der Waals surface area contributed by atoms with Gasteiger partial charge in [-0.05, 0) is 32.0 Å². The van der Waals surface area contributed by atoms with Crippen LogP contribution in [0.15, 0.2) is 42.6 Å². The SMILES string of the molecule is Cc1cc(C)n(Cn2ccc(C(=O)Nc3ccccc3[N+](=O)[O-])n2)n1. The third kappa shape index (κ3) is 3.55. The van der Waals surface area contributed by atoms with Gasteiger partial charge in [0.05, 0.1) is 10.6 Å². The van der Waals surface area contributed by atoms with E-state index >= 15 is 0 Å². The highest BCUT2D eigenvalue weighted by Gasteiger charge is 2.17. The average Bonchev–Trinajstić information content (AvgIpc) is 3.15. The van der Waals surface area contributed by atoms with Gasteiger partial charge in [-0.25, -0.2) is 4.68 Å². The van der Waals surface area contributed by atoms with Gasteiger partial charge in [-0.2, -0.15) is 10.2 Å². The highest BCUT2D eigenvalue weighted by molar-refractivity contribution is 6.04. The number of aromatic nitrogens is 4. The molecule has 9 heteroatoms. The minimum absolute atomic E-state index is 0.130. The van der Waals surface area contributed by atoms with Crippen molar-refractivity contribution >= 4 is 17.3 Å². The van der Waals surface area contributed by atoms with Crippen LogP contribution in [0.4, 0.5) is 11.4 Å². The van der Waals surface area contributed by atoms with Crippen molar-refractivity contribution in [3.05, 3.63) is 69.8 Å². The normalized spacial score (nSPS) is 10.6. The Morgan fingerprint density at radius 2 is 2.00 bits per heavy atom. The van der Waals surface area contributed by atoms with Gasteiger partial charge in [0, 0.05) is 18.0 Å². The number of para-hydroxylation sites is 2. The van der Waals surface area contributed by atoms with Gasteiger partial charge >= 0.3 is 0 Å². The van der Waals surface area contributed by atoms with E-state index in [2.05, 4.69) is 15.5 Å². The lowest BCUT2D eigenvalue weighted by atomic mass is 10.2. The third-order valence-corrected chi connectivity index (χ3v) is 3.60. The first kappa shape index (κ1) is 16.4. The Labute approximate surface area is 143 Å². The van der Waals surface area contributed by atoms with Crippen LogP contribution in [-0.4, -0.2) is 30.4 Å². The van der Waals surface area contributed by atoms with E-state index in [-0.39, 0.29) is 17.1 Å². The Kier molecular flexibility index (Phi) is 4.29. The van der Waals surface area contributed by atoms with E-state index in [9.17, 15) is 14.9 Å². The quantitative estimate of drug-likeness (QED) is 0.566. The molecule has 1 aromatic carbocycles. The molecule has 25 heavy (non-hydrogen) atoms. The van der Waals surface area contributed by atoms with Crippen molar-refractivity contribution in [2.75, 3.05) is 5.32 Å². The number of nitrogens with one attached hydrogen (secondary N) is 1. The number of amides is 1. The number of carbonyl (C=O) groups excluding carboxylic acids is 1. The molecule has 2 aromatic heterocycles. The van der Waals surface area contributed by atoms with Gasteiger partial charge < -0.3 is 5.32 Å². The summed E-state index contributed by atoms with van der Waals surface area (Å²) in [4.78, 5) is 22.8. The van der Waals surface area contributed by atoms with Crippen LogP contribution in [0, 0.1) is 24.0 Å². The second-order valence-electron chi connectivity index (χ2n) is 5.54. The van der Waals surface area contributed by atoms with Crippen molar-refractivity contribution in [3.8, 4) is 0 Å². The summed E-state index contributed by atoms with van der Waals surface area (Å²) in [7, 11) is 0. The van der Waals surface area contributed by atoms with E-state index in [1.807, 2.05) is 19.9 Å². The van der Waals surface area contributed by atoms with E-state index < -0.39 is 10.8 Å². The number of anilines is 1. The molecule has 1 N–H and O–H groups in total. The second kappa shape index (κ2) is 6.56. The molecule has 9 nitrogen and oxygen atoms in total. The second-order valence-corrected chi connectivity index (χ2v) is 5.54. The van der Waals surface area contributed by atoms with Crippen LogP contribution in [-0.2, 0) is 6.67 Å². The molecule has 0 fully saturated rings. The minimum Gasteiger partial charge on any atom is -0.315 e. The summed E-state index contributed by atoms with van der Waals surface area (Å²) in [6.45, 7) is 4.21. The van der Waals surface area contributed by atoms with Gasteiger partial charge in [0.25, 0.3) is 11.6 Å². The summed E-state index contributed by atoms with van der Waals surface area (Å²) in [6, 6.07) is 9.46. The van der Waals surface area contributed by atoms with E-state index in [4.69, 9.17) is 0 Å².